The topological polar surface area (TPSA) is 104 Å². The molecule has 1 aromatic rings. The Bertz CT molecular complexity index is 1260. The highest BCUT2D eigenvalue weighted by Gasteiger charge is 2.78. The van der Waals surface area contributed by atoms with E-state index in [9.17, 15) is 14.7 Å². The van der Waals surface area contributed by atoms with Crippen LogP contribution in [0.4, 0.5) is 0 Å². The largest absolute Gasteiger partial charge is 0.472 e. The number of ether oxygens (including phenoxy) is 4. The predicted molar refractivity (Wildman–Crippen MR) is 145 cm³/mol. The summed E-state index contributed by atoms with van der Waals surface area (Å²) >= 11 is 0. The molecule has 1 N–H and O–H groups in total. The van der Waals surface area contributed by atoms with Crippen LogP contribution in [0.5, 0.6) is 0 Å². The number of methoxy groups -OCH3 is 1. The van der Waals surface area contributed by atoms with Crippen molar-refractivity contribution in [2.24, 2.45) is 28.1 Å². The van der Waals surface area contributed by atoms with E-state index < -0.39 is 34.4 Å². The Morgan fingerprint density at radius 2 is 1.95 bits per heavy atom. The third kappa shape index (κ3) is 3.61. The molecule has 4 fully saturated rings. The third-order valence-corrected chi connectivity index (χ3v) is 11.4. The molecule has 0 radical (unpaired) electrons. The lowest BCUT2D eigenvalue weighted by atomic mass is 9.40. The number of carbonyl (C=O) groups excluding carboxylic acids is 2. The zero-order chi connectivity index (χ0) is 28.8. The maximum Gasteiger partial charge on any atom is 0.330 e. The van der Waals surface area contributed by atoms with Gasteiger partial charge in [-0.05, 0) is 50.3 Å². The minimum absolute atomic E-state index is 0.120. The third-order valence-electron chi connectivity index (χ3n) is 11.4. The van der Waals surface area contributed by atoms with Crippen LogP contribution in [0.25, 0.3) is 0 Å². The van der Waals surface area contributed by atoms with Gasteiger partial charge in [0.05, 0.1) is 50.7 Å². The van der Waals surface area contributed by atoms with Gasteiger partial charge in [-0.2, -0.15) is 0 Å². The Morgan fingerprint density at radius 1 is 1.20 bits per heavy atom. The van der Waals surface area contributed by atoms with E-state index in [0.29, 0.717) is 6.61 Å². The fourth-order valence-electron chi connectivity index (χ4n) is 9.73. The molecule has 0 amide bonds. The van der Waals surface area contributed by atoms with Crippen LogP contribution in [0, 0.1) is 28.1 Å². The number of esters is 2. The molecule has 8 nitrogen and oxygen atoms in total. The van der Waals surface area contributed by atoms with Crippen molar-refractivity contribution in [3.63, 3.8) is 0 Å². The van der Waals surface area contributed by atoms with E-state index in [2.05, 4.69) is 27.7 Å². The SMILES string of the molecule is COC(=O)CC1[C@]2(C)C3=C(C)C(c4ccoc4)CC3OC2C2OC[C@]3(C)C(O)CC(OC(=O)C=C(C)C)[C@@]1(C)C23. The molecule has 2 saturated carbocycles. The summed E-state index contributed by atoms with van der Waals surface area (Å²) in [6.07, 6.45) is 4.13. The molecule has 11 atom stereocenters. The number of hydrogen-bond acceptors (Lipinski definition) is 8. The van der Waals surface area contributed by atoms with E-state index in [-0.39, 0.29) is 54.9 Å². The summed E-state index contributed by atoms with van der Waals surface area (Å²) in [5.74, 6) is -1.05. The lowest BCUT2D eigenvalue weighted by Crippen LogP contribution is -2.70. The molecule has 5 aliphatic rings. The van der Waals surface area contributed by atoms with Crippen molar-refractivity contribution in [3.05, 3.63) is 47.0 Å². The Morgan fingerprint density at radius 3 is 2.60 bits per heavy atom. The lowest BCUT2D eigenvalue weighted by molar-refractivity contribution is -0.248. The van der Waals surface area contributed by atoms with Gasteiger partial charge in [0.15, 0.2) is 0 Å². The van der Waals surface area contributed by atoms with Crippen LogP contribution in [-0.2, 0) is 28.5 Å². The fourth-order valence-corrected chi connectivity index (χ4v) is 9.73. The molecule has 2 aliphatic heterocycles. The molecule has 3 aliphatic carbocycles. The van der Waals surface area contributed by atoms with Gasteiger partial charge in [0.2, 0.25) is 0 Å². The fraction of sp³-hybridized carbons (Fsp3) is 0.688. The van der Waals surface area contributed by atoms with Crippen molar-refractivity contribution in [3.8, 4) is 0 Å². The number of aliphatic hydroxyl groups excluding tert-OH is 1. The first-order valence-corrected chi connectivity index (χ1v) is 14.5. The minimum atomic E-state index is -0.726. The highest BCUT2D eigenvalue weighted by atomic mass is 16.6. The molecule has 0 bridgehead atoms. The summed E-state index contributed by atoms with van der Waals surface area (Å²) in [7, 11) is 1.42. The highest BCUT2D eigenvalue weighted by Crippen LogP contribution is 2.73. The van der Waals surface area contributed by atoms with Gasteiger partial charge in [-0.25, -0.2) is 4.79 Å². The van der Waals surface area contributed by atoms with Crippen molar-refractivity contribution in [1.82, 2.24) is 0 Å². The molecule has 218 valence electrons. The van der Waals surface area contributed by atoms with E-state index in [4.69, 9.17) is 23.4 Å². The van der Waals surface area contributed by atoms with Crippen LogP contribution in [0.1, 0.15) is 72.3 Å². The van der Waals surface area contributed by atoms with Crippen LogP contribution in [0.15, 0.2) is 45.8 Å². The van der Waals surface area contributed by atoms with Crippen LogP contribution in [0.3, 0.4) is 0 Å². The molecular weight excluding hydrogens is 512 g/mol. The van der Waals surface area contributed by atoms with Gasteiger partial charge in [-0.15, -0.1) is 0 Å². The molecule has 2 saturated heterocycles. The van der Waals surface area contributed by atoms with E-state index in [0.717, 1.165) is 17.6 Å². The molecule has 3 heterocycles. The van der Waals surface area contributed by atoms with Crippen LogP contribution >= 0.6 is 0 Å². The van der Waals surface area contributed by atoms with Crippen LogP contribution < -0.4 is 0 Å². The van der Waals surface area contributed by atoms with Gasteiger partial charge in [0.25, 0.3) is 0 Å². The first-order chi connectivity index (χ1) is 18.9. The molecular formula is C32H42O8. The van der Waals surface area contributed by atoms with Gasteiger partial charge in [-0.1, -0.05) is 31.9 Å². The number of carbonyl (C=O) groups is 2. The maximum atomic E-state index is 13.2. The van der Waals surface area contributed by atoms with Gasteiger partial charge < -0.3 is 28.5 Å². The Balaban J connectivity index is 1.53. The Labute approximate surface area is 236 Å². The summed E-state index contributed by atoms with van der Waals surface area (Å²) in [6, 6.07) is 2.01. The van der Waals surface area contributed by atoms with Crippen molar-refractivity contribution >= 4 is 11.9 Å². The number of rotatable bonds is 5. The number of fused-ring (bicyclic) bond motifs is 4. The highest BCUT2D eigenvalue weighted by molar-refractivity contribution is 5.82. The van der Waals surface area contributed by atoms with Gasteiger partial charge in [0, 0.05) is 47.0 Å². The smallest absolute Gasteiger partial charge is 0.330 e. The average Bonchev–Trinajstić information content (AvgIpc) is 3.65. The Kier molecular flexibility index (Phi) is 6.45. The molecule has 0 spiro atoms. The van der Waals surface area contributed by atoms with Gasteiger partial charge >= 0.3 is 11.9 Å². The standard InChI is InChI=1S/C32H42O8/c1-16(2)10-25(35)40-23-13-22(33)30(4)15-38-27-28(30)31(23,5)21(12-24(34)36-7)32(6)26-17(3)19(18-8-9-37-14-18)11-20(26)39-29(27)32/h8-10,14,19-23,27-29,33H,11-13,15H2,1-7H3/t19?,20?,21?,22?,23?,27?,28?,29?,30-,31+,32-/m1/s1. The molecule has 8 heteroatoms. The van der Waals surface area contributed by atoms with Gasteiger partial charge in [-0.3, -0.25) is 4.79 Å². The molecule has 8 unspecified atom stereocenters. The van der Waals surface area contributed by atoms with Crippen molar-refractivity contribution in [1.29, 1.82) is 0 Å². The quantitative estimate of drug-likeness (QED) is 0.317. The second-order valence-electron chi connectivity index (χ2n) is 13.6. The summed E-state index contributed by atoms with van der Waals surface area (Å²) in [5.41, 5.74) is 2.57. The summed E-state index contributed by atoms with van der Waals surface area (Å²) in [5, 5.41) is 11.5. The van der Waals surface area contributed by atoms with Crippen molar-refractivity contribution in [2.75, 3.05) is 13.7 Å². The molecule has 40 heavy (non-hydrogen) atoms. The zero-order valence-electron chi connectivity index (χ0n) is 24.6. The summed E-state index contributed by atoms with van der Waals surface area (Å²) < 4.78 is 30.4. The van der Waals surface area contributed by atoms with Crippen LogP contribution in [-0.4, -0.2) is 61.3 Å². The first kappa shape index (κ1) is 27.7. The number of hydrogen-bond donors (Lipinski definition) is 1. The zero-order valence-corrected chi connectivity index (χ0v) is 24.6. The molecule has 0 aromatic carbocycles. The number of furan rings is 1. The maximum absolute atomic E-state index is 13.2. The number of allylic oxidation sites excluding steroid dienone is 2. The average molecular weight is 555 g/mol. The van der Waals surface area contributed by atoms with E-state index >= 15 is 0 Å². The van der Waals surface area contributed by atoms with E-state index in [1.165, 1.54) is 24.3 Å². The molecule has 6 rings (SSSR count). The predicted octanol–water partition coefficient (Wildman–Crippen LogP) is 4.72. The van der Waals surface area contributed by atoms with E-state index in [1.54, 1.807) is 12.5 Å². The van der Waals surface area contributed by atoms with Crippen molar-refractivity contribution in [2.45, 2.75) is 97.2 Å². The normalized spacial score (nSPS) is 45.0. The summed E-state index contributed by atoms with van der Waals surface area (Å²) in [6.45, 7) is 12.7. The number of aliphatic hydroxyl groups is 1. The van der Waals surface area contributed by atoms with Crippen molar-refractivity contribution < 1.29 is 38.1 Å². The monoisotopic (exact) mass is 554 g/mol. The Hall–Kier alpha value is -2.42. The second-order valence-corrected chi connectivity index (χ2v) is 13.6. The second kappa shape index (κ2) is 9.30. The first-order valence-electron chi connectivity index (χ1n) is 14.5. The van der Waals surface area contributed by atoms with Crippen LogP contribution in [0.2, 0.25) is 0 Å². The minimum Gasteiger partial charge on any atom is -0.472 e. The summed E-state index contributed by atoms with van der Waals surface area (Å²) in [4.78, 5) is 26.2. The lowest BCUT2D eigenvalue weighted by Gasteiger charge is -2.65. The van der Waals surface area contributed by atoms with E-state index in [1.807, 2.05) is 19.9 Å². The molecule has 1 aromatic heterocycles. The van der Waals surface area contributed by atoms with Gasteiger partial charge in [0.1, 0.15) is 6.10 Å².